The Morgan fingerprint density at radius 1 is 1.21 bits per heavy atom. The number of carbonyl (C=O) groups excluding carboxylic acids is 1. The Kier molecular flexibility index (Phi) is 4.20. The molecule has 6 heteroatoms. The van der Waals surface area contributed by atoms with Gasteiger partial charge in [-0.15, -0.1) is 0 Å². The molecule has 0 atom stereocenters. The maximum Gasteiger partial charge on any atom is 0.335 e. The molecule has 24 heavy (non-hydrogen) atoms. The van der Waals surface area contributed by atoms with Crippen molar-refractivity contribution >= 4 is 11.9 Å². The minimum Gasteiger partial charge on any atom is -0.480 e. The zero-order valence-corrected chi connectivity index (χ0v) is 13.6. The smallest absolute Gasteiger partial charge is 0.335 e. The molecule has 0 saturated heterocycles. The molecule has 1 aromatic heterocycles. The number of methoxy groups -OCH3 is 1. The molecule has 0 radical (unpaired) electrons. The largest absolute Gasteiger partial charge is 0.480 e. The Morgan fingerprint density at radius 3 is 2.71 bits per heavy atom. The number of carboxylic acids is 1. The third-order valence-electron chi connectivity index (χ3n) is 4.18. The van der Waals surface area contributed by atoms with Crippen LogP contribution in [0.25, 0.3) is 0 Å². The number of fused-ring (bicyclic) bond motifs is 1. The lowest BCUT2D eigenvalue weighted by molar-refractivity contribution is 0.0696. The van der Waals surface area contributed by atoms with Crippen molar-refractivity contribution in [3.8, 4) is 5.88 Å². The fourth-order valence-electron chi connectivity index (χ4n) is 2.89. The summed E-state index contributed by atoms with van der Waals surface area (Å²) in [5.74, 6) is -0.818. The van der Waals surface area contributed by atoms with Crippen molar-refractivity contribution in [2.24, 2.45) is 0 Å². The number of aromatic carboxylic acids is 1. The topological polar surface area (TPSA) is 79.7 Å². The van der Waals surface area contributed by atoms with Gasteiger partial charge in [0.2, 0.25) is 5.88 Å². The van der Waals surface area contributed by atoms with Crippen molar-refractivity contribution in [1.82, 2.24) is 9.88 Å². The molecule has 2 heterocycles. The monoisotopic (exact) mass is 326 g/mol. The number of aryl methyl sites for hydroxylation is 1. The Labute approximate surface area is 139 Å². The number of pyridine rings is 1. The minimum absolute atomic E-state index is 0.161. The van der Waals surface area contributed by atoms with Gasteiger partial charge in [0, 0.05) is 18.8 Å². The summed E-state index contributed by atoms with van der Waals surface area (Å²) in [6, 6.07) is 8.56. The standard InChI is InChI=1S/C18H18N2O4/c1-11-3-6-15(16(19-11)24-2)17(21)20-8-7-12-4-5-13(18(22)23)9-14(12)10-20/h3-6,9H,7-8,10H2,1-2H3,(H,22,23). The van der Waals surface area contributed by atoms with Crippen LogP contribution in [0.2, 0.25) is 0 Å². The molecule has 0 spiro atoms. The van der Waals surface area contributed by atoms with Gasteiger partial charge in [-0.1, -0.05) is 6.07 Å². The van der Waals surface area contributed by atoms with Crippen molar-refractivity contribution in [3.05, 3.63) is 58.3 Å². The molecule has 1 aliphatic rings. The number of carbonyl (C=O) groups is 2. The fourth-order valence-corrected chi connectivity index (χ4v) is 2.89. The maximum atomic E-state index is 12.8. The number of hydrogen-bond acceptors (Lipinski definition) is 4. The summed E-state index contributed by atoms with van der Waals surface area (Å²) in [6.45, 7) is 2.79. The van der Waals surface area contributed by atoms with Gasteiger partial charge in [-0.05, 0) is 48.7 Å². The second-order valence-corrected chi connectivity index (χ2v) is 5.77. The van der Waals surface area contributed by atoms with Crippen LogP contribution in [0.1, 0.15) is 37.5 Å². The number of hydrogen-bond donors (Lipinski definition) is 1. The normalized spacial score (nSPS) is 13.3. The highest BCUT2D eigenvalue weighted by Gasteiger charge is 2.25. The summed E-state index contributed by atoms with van der Waals surface area (Å²) in [4.78, 5) is 29.9. The van der Waals surface area contributed by atoms with E-state index >= 15 is 0 Å². The van der Waals surface area contributed by atoms with Gasteiger partial charge in [0.15, 0.2) is 0 Å². The van der Waals surface area contributed by atoms with Crippen LogP contribution < -0.4 is 4.74 Å². The van der Waals surface area contributed by atoms with E-state index in [1.54, 1.807) is 29.2 Å². The van der Waals surface area contributed by atoms with Crippen LogP contribution in [0, 0.1) is 6.92 Å². The van der Waals surface area contributed by atoms with Crippen LogP contribution in [0.5, 0.6) is 5.88 Å². The van der Waals surface area contributed by atoms with Gasteiger partial charge in [-0.2, -0.15) is 0 Å². The van der Waals surface area contributed by atoms with E-state index in [4.69, 9.17) is 9.84 Å². The van der Waals surface area contributed by atoms with Gasteiger partial charge in [-0.25, -0.2) is 9.78 Å². The third-order valence-corrected chi connectivity index (χ3v) is 4.18. The zero-order chi connectivity index (χ0) is 17.3. The SMILES string of the molecule is COc1nc(C)ccc1C(=O)N1CCc2ccc(C(=O)O)cc2C1. The number of ether oxygens (including phenoxy) is 1. The van der Waals surface area contributed by atoms with E-state index in [1.807, 2.05) is 13.0 Å². The third kappa shape index (κ3) is 2.95. The first-order valence-corrected chi connectivity index (χ1v) is 7.65. The average molecular weight is 326 g/mol. The Bertz CT molecular complexity index is 817. The quantitative estimate of drug-likeness (QED) is 0.936. The molecule has 124 valence electrons. The summed E-state index contributed by atoms with van der Waals surface area (Å²) >= 11 is 0. The van der Waals surface area contributed by atoms with Gasteiger partial charge in [0.25, 0.3) is 5.91 Å². The minimum atomic E-state index is -0.967. The zero-order valence-electron chi connectivity index (χ0n) is 13.6. The number of carboxylic acid groups (broad SMARTS) is 1. The lowest BCUT2D eigenvalue weighted by Gasteiger charge is -2.29. The highest BCUT2D eigenvalue weighted by molar-refractivity contribution is 5.96. The lowest BCUT2D eigenvalue weighted by atomic mass is 9.97. The van der Waals surface area contributed by atoms with Crippen molar-refractivity contribution in [1.29, 1.82) is 0 Å². The van der Waals surface area contributed by atoms with E-state index in [2.05, 4.69) is 4.98 Å². The summed E-state index contributed by atoms with van der Waals surface area (Å²) in [5.41, 5.74) is 3.38. The van der Waals surface area contributed by atoms with Crippen molar-refractivity contribution in [2.75, 3.05) is 13.7 Å². The number of rotatable bonds is 3. The van der Waals surface area contributed by atoms with Crippen molar-refractivity contribution in [2.45, 2.75) is 19.9 Å². The molecule has 1 amide bonds. The van der Waals surface area contributed by atoms with E-state index in [1.165, 1.54) is 7.11 Å². The molecule has 1 N–H and O–H groups in total. The predicted molar refractivity (Wildman–Crippen MR) is 87.4 cm³/mol. The molecule has 1 aromatic carbocycles. The first kappa shape index (κ1) is 16.0. The van der Waals surface area contributed by atoms with Crippen LogP contribution in [0.15, 0.2) is 30.3 Å². The summed E-state index contributed by atoms with van der Waals surface area (Å²) in [7, 11) is 1.49. The second-order valence-electron chi connectivity index (χ2n) is 5.77. The number of aromatic nitrogens is 1. The number of amides is 1. The summed E-state index contributed by atoms with van der Waals surface area (Å²) < 4.78 is 5.22. The van der Waals surface area contributed by atoms with Gasteiger partial charge in [0.05, 0.1) is 12.7 Å². The van der Waals surface area contributed by atoms with E-state index in [-0.39, 0.29) is 11.5 Å². The molecule has 6 nitrogen and oxygen atoms in total. The van der Waals surface area contributed by atoms with Crippen LogP contribution >= 0.6 is 0 Å². The van der Waals surface area contributed by atoms with Crippen molar-refractivity contribution < 1.29 is 19.4 Å². The summed E-state index contributed by atoms with van der Waals surface area (Å²) in [6.07, 6.45) is 0.697. The van der Waals surface area contributed by atoms with Crippen LogP contribution in [-0.4, -0.2) is 40.5 Å². The summed E-state index contributed by atoms with van der Waals surface area (Å²) in [5, 5.41) is 9.13. The van der Waals surface area contributed by atoms with Gasteiger partial charge in [-0.3, -0.25) is 4.79 Å². The molecule has 0 unspecified atom stereocenters. The number of benzene rings is 1. The predicted octanol–water partition coefficient (Wildman–Crippen LogP) is 2.30. The fraction of sp³-hybridized carbons (Fsp3) is 0.278. The van der Waals surface area contributed by atoms with Crippen molar-refractivity contribution in [3.63, 3.8) is 0 Å². The molecule has 0 saturated carbocycles. The van der Waals surface area contributed by atoms with Gasteiger partial charge < -0.3 is 14.7 Å². The molecule has 1 aliphatic heterocycles. The Balaban J connectivity index is 1.88. The first-order valence-electron chi connectivity index (χ1n) is 7.65. The molecular formula is C18H18N2O4. The Morgan fingerprint density at radius 2 is 2.00 bits per heavy atom. The highest BCUT2D eigenvalue weighted by atomic mass is 16.5. The Hall–Kier alpha value is -2.89. The molecule has 3 rings (SSSR count). The molecule has 0 bridgehead atoms. The number of nitrogens with zero attached hydrogens (tertiary/aromatic N) is 2. The van der Waals surface area contributed by atoms with E-state index in [9.17, 15) is 9.59 Å². The van der Waals surface area contributed by atoms with E-state index < -0.39 is 5.97 Å². The average Bonchev–Trinajstić information content (AvgIpc) is 2.59. The molecule has 2 aromatic rings. The van der Waals surface area contributed by atoms with Gasteiger partial charge >= 0.3 is 5.97 Å². The van der Waals surface area contributed by atoms with Gasteiger partial charge in [0.1, 0.15) is 5.56 Å². The maximum absolute atomic E-state index is 12.8. The van der Waals surface area contributed by atoms with Crippen LogP contribution in [-0.2, 0) is 13.0 Å². The first-order chi connectivity index (χ1) is 11.5. The molecule has 0 aliphatic carbocycles. The van der Waals surface area contributed by atoms with E-state index in [0.717, 1.165) is 16.8 Å². The molecule has 0 fully saturated rings. The van der Waals surface area contributed by atoms with Crippen LogP contribution in [0.3, 0.4) is 0 Å². The lowest BCUT2D eigenvalue weighted by Crippen LogP contribution is -2.36. The highest BCUT2D eigenvalue weighted by Crippen LogP contribution is 2.24. The van der Waals surface area contributed by atoms with E-state index in [0.29, 0.717) is 31.0 Å². The molecular weight excluding hydrogens is 308 g/mol. The van der Waals surface area contributed by atoms with Crippen LogP contribution in [0.4, 0.5) is 0 Å². The second kappa shape index (κ2) is 6.31.